The van der Waals surface area contributed by atoms with Crippen molar-refractivity contribution in [3.63, 3.8) is 0 Å². The summed E-state index contributed by atoms with van der Waals surface area (Å²) >= 11 is 5.16. The van der Waals surface area contributed by atoms with Crippen molar-refractivity contribution >= 4 is 27.3 Å². The van der Waals surface area contributed by atoms with Crippen molar-refractivity contribution in [3.05, 3.63) is 58.4 Å². The molecule has 0 N–H and O–H groups in total. The van der Waals surface area contributed by atoms with Gasteiger partial charge < -0.3 is 4.74 Å². The molecule has 0 saturated carbocycles. The number of benzene rings is 2. The second-order valence-corrected chi connectivity index (χ2v) is 5.97. The van der Waals surface area contributed by atoms with E-state index in [1.165, 1.54) is 0 Å². The molecule has 2 nitrogen and oxygen atoms in total. The first-order valence-corrected chi connectivity index (χ1v) is 7.80. The largest absolute Gasteiger partial charge is 0.496 e. The van der Waals surface area contributed by atoms with E-state index in [0.717, 1.165) is 32.1 Å². The number of hydrogen-bond acceptors (Lipinski definition) is 3. The number of nitrogens with zero attached hydrogens (tertiary/aromatic N) is 1. The molecule has 0 fully saturated rings. The third kappa shape index (κ3) is 2.62. The van der Waals surface area contributed by atoms with E-state index in [-0.39, 0.29) is 0 Å². The van der Waals surface area contributed by atoms with E-state index in [1.54, 1.807) is 18.4 Å². The Morgan fingerprint density at radius 3 is 2.55 bits per heavy atom. The first kappa shape index (κ1) is 13.3. The second kappa shape index (κ2) is 5.77. The molecule has 0 radical (unpaired) electrons. The zero-order valence-corrected chi connectivity index (χ0v) is 13.2. The van der Waals surface area contributed by atoms with Gasteiger partial charge in [0, 0.05) is 16.5 Å². The fraction of sp³-hybridized carbons (Fsp3) is 0.0625. The van der Waals surface area contributed by atoms with Crippen LogP contribution in [0.2, 0.25) is 0 Å². The highest BCUT2D eigenvalue weighted by Crippen LogP contribution is 2.33. The second-order valence-electron chi connectivity index (χ2n) is 4.25. The van der Waals surface area contributed by atoms with Gasteiger partial charge in [-0.3, -0.25) is 0 Å². The monoisotopic (exact) mass is 345 g/mol. The highest BCUT2D eigenvalue weighted by Gasteiger charge is 2.08. The van der Waals surface area contributed by atoms with Gasteiger partial charge in [-0.15, -0.1) is 11.3 Å². The van der Waals surface area contributed by atoms with E-state index in [1.807, 2.05) is 36.4 Å². The van der Waals surface area contributed by atoms with Crippen LogP contribution in [0.3, 0.4) is 0 Å². The van der Waals surface area contributed by atoms with Crippen molar-refractivity contribution in [1.82, 2.24) is 4.98 Å². The number of methoxy groups -OCH3 is 1. The molecule has 0 spiro atoms. The van der Waals surface area contributed by atoms with Crippen LogP contribution in [-0.4, -0.2) is 12.1 Å². The summed E-state index contributed by atoms with van der Waals surface area (Å²) in [6.45, 7) is 0. The smallest absolute Gasteiger partial charge is 0.133 e. The maximum absolute atomic E-state index is 5.25. The Morgan fingerprint density at radius 2 is 1.85 bits per heavy atom. The number of aromatic nitrogens is 1. The van der Waals surface area contributed by atoms with Crippen LogP contribution in [0, 0.1) is 0 Å². The first-order valence-electron chi connectivity index (χ1n) is 6.13. The third-order valence-electron chi connectivity index (χ3n) is 2.97. The molecule has 0 amide bonds. The van der Waals surface area contributed by atoms with Crippen LogP contribution in [0.5, 0.6) is 5.75 Å². The SMILES string of the molecule is COc1ccc(-c2nc(-c3ccccc3)cs2)cc1Br. The molecule has 100 valence electrons. The van der Waals surface area contributed by atoms with Crippen molar-refractivity contribution < 1.29 is 4.74 Å². The Hall–Kier alpha value is -1.65. The van der Waals surface area contributed by atoms with Crippen LogP contribution in [-0.2, 0) is 0 Å². The average molecular weight is 346 g/mol. The zero-order chi connectivity index (χ0) is 13.9. The Labute approximate surface area is 130 Å². The third-order valence-corrected chi connectivity index (χ3v) is 4.48. The molecule has 4 heteroatoms. The minimum Gasteiger partial charge on any atom is -0.496 e. The predicted molar refractivity (Wildman–Crippen MR) is 87.2 cm³/mol. The molecule has 0 aliphatic carbocycles. The highest BCUT2D eigenvalue weighted by molar-refractivity contribution is 9.10. The summed E-state index contributed by atoms with van der Waals surface area (Å²) in [6.07, 6.45) is 0. The van der Waals surface area contributed by atoms with E-state index in [0.29, 0.717) is 0 Å². The van der Waals surface area contributed by atoms with Crippen LogP contribution in [0.15, 0.2) is 58.4 Å². The van der Waals surface area contributed by atoms with Gasteiger partial charge in [-0.05, 0) is 34.1 Å². The summed E-state index contributed by atoms with van der Waals surface area (Å²) in [5.41, 5.74) is 3.24. The number of rotatable bonds is 3. The fourth-order valence-corrected chi connectivity index (χ4v) is 3.31. The van der Waals surface area contributed by atoms with Gasteiger partial charge in [0.25, 0.3) is 0 Å². The van der Waals surface area contributed by atoms with Gasteiger partial charge in [0.1, 0.15) is 10.8 Å². The summed E-state index contributed by atoms with van der Waals surface area (Å²) in [4.78, 5) is 4.70. The molecule has 0 saturated heterocycles. The number of ether oxygens (including phenoxy) is 1. The Kier molecular flexibility index (Phi) is 3.85. The summed E-state index contributed by atoms with van der Waals surface area (Å²) < 4.78 is 6.19. The number of hydrogen-bond donors (Lipinski definition) is 0. The molecule has 0 aliphatic heterocycles. The van der Waals surface area contributed by atoms with Crippen LogP contribution < -0.4 is 4.74 Å². The molecule has 1 aromatic heterocycles. The zero-order valence-electron chi connectivity index (χ0n) is 10.8. The minimum absolute atomic E-state index is 0.827. The van der Waals surface area contributed by atoms with Crippen molar-refractivity contribution in [1.29, 1.82) is 0 Å². The maximum Gasteiger partial charge on any atom is 0.133 e. The molecule has 0 bridgehead atoms. The predicted octanol–water partition coefficient (Wildman–Crippen LogP) is 5.25. The molecule has 0 unspecified atom stereocenters. The lowest BCUT2D eigenvalue weighted by molar-refractivity contribution is 0.412. The topological polar surface area (TPSA) is 22.1 Å². The molecule has 2 aromatic carbocycles. The van der Waals surface area contributed by atoms with Crippen LogP contribution in [0.4, 0.5) is 0 Å². The molecular formula is C16H12BrNOS. The van der Waals surface area contributed by atoms with Gasteiger partial charge in [0.2, 0.25) is 0 Å². The summed E-state index contributed by atoms with van der Waals surface area (Å²) in [6, 6.07) is 16.2. The minimum atomic E-state index is 0.827. The molecular weight excluding hydrogens is 334 g/mol. The fourth-order valence-electron chi connectivity index (χ4n) is 1.95. The average Bonchev–Trinajstić information content (AvgIpc) is 2.98. The van der Waals surface area contributed by atoms with Crippen LogP contribution in [0.1, 0.15) is 0 Å². The van der Waals surface area contributed by atoms with Gasteiger partial charge in [0.05, 0.1) is 17.3 Å². The van der Waals surface area contributed by atoms with Gasteiger partial charge in [-0.1, -0.05) is 30.3 Å². The van der Waals surface area contributed by atoms with E-state index in [9.17, 15) is 0 Å². The van der Waals surface area contributed by atoms with E-state index in [2.05, 4.69) is 33.4 Å². The quantitative estimate of drug-likeness (QED) is 0.646. The summed E-state index contributed by atoms with van der Waals surface area (Å²) in [7, 11) is 1.66. The number of thiazole rings is 1. The lowest BCUT2D eigenvalue weighted by atomic mass is 10.2. The Morgan fingerprint density at radius 1 is 1.05 bits per heavy atom. The first-order chi connectivity index (χ1) is 9.78. The van der Waals surface area contributed by atoms with Gasteiger partial charge >= 0.3 is 0 Å². The van der Waals surface area contributed by atoms with E-state index in [4.69, 9.17) is 9.72 Å². The molecule has 3 rings (SSSR count). The highest BCUT2D eigenvalue weighted by atomic mass is 79.9. The van der Waals surface area contributed by atoms with Crippen molar-refractivity contribution in [2.45, 2.75) is 0 Å². The maximum atomic E-state index is 5.25. The number of halogens is 1. The van der Waals surface area contributed by atoms with E-state index >= 15 is 0 Å². The summed E-state index contributed by atoms with van der Waals surface area (Å²) in [5, 5.41) is 3.09. The van der Waals surface area contributed by atoms with Gasteiger partial charge in [0.15, 0.2) is 0 Å². The summed E-state index contributed by atoms with van der Waals surface area (Å²) in [5.74, 6) is 0.827. The normalized spacial score (nSPS) is 10.5. The Balaban J connectivity index is 1.96. The van der Waals surface area contributed by atoms with Crippen LogP contribution >= 0.6 is 27.3 Å². The molecule has 0 aliphatic rings. The Bertz CT molecular complexity index is 724. The molecule has 1 heterocycles. The van der Waals surface area contributed by atoms with Crippen molar-refractivity contribution in [3.8, 4) is 27.6 Å². The lowest BCUT2D eigenvalue weighted by Gasteiger charge is -2.04. The molecule has 3 aromatic rings. The molecule has 0 atom stereocenters. The standard InChI is InChI=1S/C16H12BrNOS/c1-19-15-8-7-12(9-13(15)17)16-18-14(10-20-16)11-5-3-2-4-6-11/h2-10H,1H3. The van der Waals surface area contributed by atoms with Crippen molar-refractivity contribution in [2.24, 2.45) is 0 Å². The molecule has 20 heavy (non-hydrogen) atoms. The van der Waals surface area contributed by atoms with E-state index < -0.39 is 0 Å². The van der Waals surface area contributed by atoms with Crippen LogP contribution in [0.25, 0.3) is 21.8 Å². The van der Waals surface area contributed by atoms with Crippen molar-refractivity contribution in [2.75, 3.05) is 7.11 Å². The van der Waals surface area contributed by atoms with Gasteiger partial charge in [-0.25, -0.2) is 4.98 Å². The van der Waals surface area contributed by atoms with Gasteiger partial charge in [-0.2, -0.15) is 0 Å². The lowest BCUT2D eigenvalue weighted by Crippen LogP contribution is -1.85.